The van der Waals surface area contributed by atoms with Gasteiger partial charge in [0, 0.05) is 12.7 Å². The number of carbonyl (C=O) groups is 2. The number of pyridine rings is 1. The number of amides is 1. The molecule has 1 aromatic heterocycles. The van der Waals surface area contributed by atoms with Gasteiger partial charge >= 0.3 is 11.7 Å². The van der Waals surface area contributed by atoms with E-state index >= 15 is 0 Å². The number of carbonyl (C=O) groups excluding carboxylic acids is 1. The van der Waals surface area contributed by atoms with Crippen LogP contribution in [0.1, 0.15) is 29.6 Å². The van der Waals surface area contributed by atoms with Crippen molar-refractivity contribution in [1.82, 2.24) is 9.88 Å². The molecule has 0 aromatic carbocycles. The maximum atomic E-state index is 12.5. The normalized spacial score (nSPS) is 18.3. The highest BCUT2D eigenvalue weighted by atomic mass is 35.5. The van der Waals surface area contributed by atoms with Gasteiger partial charge < -0.3 is 10.0 Å². The van der Waals surface area contributed by atoms with Crippen LogP contribution in [0.4, 0.5) is 5.69 Å². The molecule has 1 aliphatic rings. The second-order valence-corrected chi connectivity index (χ2v) is 4.96. The number of likely N-dealkylation sites (tertiary alicyclic amines) is 1. The fraction of sp³-hybridized carbons (Fsp3) is 0.417. The average Bonchev–Trinajstić information content (AvgIpc) is 2.45. The molecule has 1 atom stereocenters. The molecule has 0 bridgehead atoms. The number of aromatic nitrogens is 1. The van der Waals surface area contributed by atoms with Crippen molar-refractivity contribution in [3.8, 4) is 0 Å². The SMILES string of the molecule is O=C(O)[C@H]1CCCCN1C(=O)c1ccnc(Cl)c1[N+](=O)[O-]. The summed E-state index contributed by atoms with van der Waals surface area (Å²) in [5.41, 5.74) is -0.841. The van der Waals surface area contributed by atoms with Crippen LogP contribution in [0.3, 0.4) is 0 Å². The number of hydrogen-bond acceptors (Lipinski definition) is 5. The number of hydrogen-bond donors (Lipinski definition) is 1. The van der Waals surface area contributed by atoms with Crippen LogP contribution in [0.5, 0.6) is 0 Å². The first-order valence-corrected chi connectivity index (χ1v) is 6.64. The number of halogens is 1. The van der Waals surface area contributed by atoms with E-state index in [0.29, 0.717) is 19.3 Å². The summed E-state index contributed by atoms with van der Waals surface area (Å²) >= 11 is 5.67. The van der Waals surface area contributed by atoms with Gasteiger partial charge in [-0.1, -0.05) is 11.6 Å². The molecule has 1 aromatic rings. The van der Waals surface area contributed by atoms with E-state index in [9.17, 15) is 24.8 Å². The first-order valence-electron chi connectivity index (χ1n) is 6.26. The van der Waals surface area contributed by atoms with Crippen molar-refractivity contribution in [2.75, 3.05) is 6.54 Å². The lowest BCUT2D eigenvalue weighted by Gasteiger charge is -2.32. The lowest BCUT2D eigenvalue weighted by Crippen LogP contribution is -2.48. The Kier molecular flexibility index (Phi) is 4.37. The molecule has 112 valence electrons. The Labute approximate surface area is 124 Å². The van der Waals surface area contributed by atoms with Crippen LogP contribution in [0, 0.1) is 10.1 Å². The van der Waals surface area contributed by atoms with Crippen LogP contribution >= 0.6 is 11.6 Å². The topological polar surface area (TPSA) is 114 Å². The maximum Gasteiger partial charge on any atom is 0.326 e. The van der Waals surface area contributed by atoms with Gasteiger partial charge in [-0.15, -0.1) is 0 Å². The van der Waals surface area contributed by atoms with Crippen molar-refractivity contribution in [3.63, 3.8) is 0 Å². The number of carboxylic acid groups (broad SMARTS) is 1. The molecular formula is C12H12ClN3O5. The van der Waals surface area contributed by atoms with E-state index in [1.807, 2.05) is 0 Å². The number of rotatable bonds is 3. The number of carboxylic acids is 1. The summed E-state index contributed by atoms with van der Waals surface area (Å²) in [4.78, 5) is 38.7. The summed E-state index contributed by atoms with van der Waals surface area (Å²) in [5.74, 6) is -1.83. The second-order valence-electron chi connectivity index (χ2n) is 4.60. The van der Waals surface area contributed by atoms with Crippen LogP contribution in [0.15, 0.2) is 12.3 Å². The number of nitro groups is 1. The average molecular weight is 314 g/mol. The van der Waals surface area contributed by atoms with E-state index in [2.05, 4.69) is 4.98 Å². The van der Waals surface area contributed by atoms with Gasteiger partial charge in [0.1, 0.15) is 11.6 Å². The van der Waals surface area contributed by atoms with Crippen molar-refractivity contribution in [3.05, 3.63) is 33.1 Å². The van der Waals surface area contributed by atoms with E-state index in [0.717, 1.165) is 4.90 Å². The second kappa shape index (κ2) is 6.04. The third-order valence-corrected chi connectivity index (χ3v) is 3.62. The first-order chi connectivity index (χ1) is 9.93. The fourth-order valence-corrected chi connectivity index (χ4v) is 2.59. The molecule has 8 nitrogen and oxygen atoms in total. The Bertz CT molecular complexity index is 607. The fourth-order valence-electron chi connectivity index (χ4n) is 2.36. The van der Waals surface area contributed by atoms with Gasteiger partial charge in [0.25, 0.3) is 5.91 Å². The zero-order chi connectivity index (χ0) is 15.6. The molecule has 0 unspecified atom stereocenters. The maximum absolute atomic E-state index is 12.5. The summed E-state index contributed by atoms with van der Waals surface area (Å²) in [5, 5.41) is 19.8. The Morgan fingerprint density at radius 2 is 2.19 bits per heavy atom. The zero-order valence-corrected chi connectivity index (χ0v) is 11.6. The predicted molar refractivity (Wildman–Crippen MR) is 72.2 cm³/mol. The Morgan fingerprint density at radius 1 is 1.48 bits per heavy atom. The third-order valence-electron chi connectivity index (χ3n) is 3.34. The van der Waals surface area contributed by atoms with Crippen LogP contribution in [-0.2, 0) is 4.79 Å². The summed E-state index contributed by atoms with van der Waals surface area (Å²) in [6.07, 6.45) is 2.86. The van der Waals surface area contributed by atoms with Crippen LogP contribution in [-0.4, -0.2) is 44.4 Å². The lowest BCUT2D eigenvalue weighted by molar-refractivity contribution is -0.385. The molecule has 1 N–H and O–H groups in total. The Morgan fingerprint density at radius 3 is 2.81 bits per heavy atom. The standard InChI is InChI=1S/C12H12ClN3O5/c13-10-9(16(20)21)7(4-5-14-10)11(17)15-6-2-1-3-8(15)12(18)19/h4-5,8H,1-3,6H2,(H,18,19)/t8-/m1/s1. The quantitative estimate of drug-likeness (QED) is 0.516. The molecule has 1 fully saturated rings. The summed E-state index contributed by atoms with van der Waals surface area (Å²) in [6.45, 7) is 0.243. The Hall–Kier alpha value is -2.22. The minimum Gasteiger partial charge on any atom is -0.480 e. The molecule has 1 aliphatic heterocycles. The smallest absolute Gasteiger partial charge is 0.326 e. The van der Waals surface area contributed by atoms with Crippen LogP contribution < -0.4 is 0 Å². The molecule has 1 saturated heterocycles. The van der Waals surface area contributed by atoms with Crippen LogP contribution in [0.2, 0.25) is 5.15 Å². The van der Waals surface area contributed by atoms with Crippen molar-refractivity contribution in [1.29, 1.82) is 0 Å². The molecule has 2 rings (SSSR count). The van der Waals surface area contributed by atoms with Gasteiger partial charge in [-0.2, -0.15) is 0 Å². The highest BCUT2D eigenvalue weighted by Crippen LogP contribution is 2.29. The lowest BCUT2D eigenvalue weighted by atomic mass is 10.0. The van der Waals surface area contributed by atoms with E-state index < -0.39 is 33.7 Å². The molecule has 0 spiro atoms. The highest BCUT2D eigenvalue weighted by molar-refractivity contribution is 6.32. The zero-order valence-electron chi connectivity index (χ0n) is 10.9. The summed E-state index contributed by atoms with van der Waals surface area (Å²) < 4.78 is 0. The van der Waals surface area contributed by atoms with E-state index in [1.165, 1.54) is 12.3 Å². The van der Waals surface area contributed by atoms with E-state index in [1.54, 1.807) is 0 Å². The molecule has 1 amide bonds. The monoisotopic (exact) mass is 313 g/mol. The number of nitrogens with zero attached hydrogens (tertiary/aromatic N) is 3. The van der Waals surface area contributed by atoms with Gasteiger partial charge in [0.2, 0.25) is 5.15 Å². The van der Waals surface area contributed by atoms with Gasteiger partial charge in [0.15, 0.2) is 0 Å². The molecular weight excluding hydrogens is 302 g/mol. The minimum absolute atomic E-state index is 0.242. The molecule has 21 heavy (non-hydrogen) atoms. The molecule has 0 aliphatic carbocycles. The molecule has 9 heteroatoms. The van der Waals surface area contributed by atoms with E-state index in [4.69, 9.17) is 11.6 Å². The predicted octanol–water partition coefficient (Wildman–Crippen LogP) is 1.72. The summed E-state index contributed by atoms with van der Waals surface area (Å²) in [7, 11) is 0. The highest BCUT2D eigenvalue weighted by Gasteiger charge is 2.36. The largest absolute Gasteiger partial charge is 0.480 e. The number of piperidine rings is 1. The van der Waals surface area contributed by atoms with Crippen molar-refractivity contribution >= 4 is 29.2 Å². The molecule has 2 heterocycles. The van der Waals surface area contributed by atoms with Crippen molar-refractivity contribution in [2.24, 2.45) is 0 Å². The van der Waals surface area contributed by atoms with Crippen molar-refractivity contribution in [2.45, 2.75) is 25.3 Å². The van der Waals surface area contributed by atoms with Crippen LogP contribution in [0.25, 0.3) is 0 Å². The third kappa shape index (κ3) is 2.94. The van der Waals surface area contributed by atoms with Gasteiger partial charge in [-0.05, 0) is 25.3 Å². The molecule has 0 saturated carbocycles. The number of aliphatic carboxylic acids is 1. The van der Waals surface area contributed by atoms with Crippen molar-refractivity contribution < 1.29 is 19.6 Å². The first kappa shape index (κ1) is 15.2. The van der Waals surface area contributed by atoms with Gasteiger partial charge in [-0.3, -0.25) is 14.9 Å². The molecule has 0 radical (unpaired) electrons. The minimum atomic E-state index is -1.12. The van der Waals surface area contributed by atoms with Gasteiger partial charge in [-0.25, -0.2) is 9.78 Å². The van der Waals surface area contributed by atoms with Gasteiger partial charge in [0.05, 0.1) is 4.92 Å². The summed E-state index contributed by atoms with van der Waals surface area (Å²) in [6, 6.07) is 0.206. The Balaban J connectivity index is 2.42. The van der Waals surface area contributed by atoms with E-state index in [-0.39, 0.29) is 12.1 Å².